The molecule has 0 bridgehead atoms. The molecule has 2 N–H and O–H groups in total. The molecule has 0 saturated carbocycles. The number of hydrogen-bond acceptors (Lipinski definition) is 3. The molecule has 1 aliphatic heterocycles. The van der Waals surface area contributed by atoms with Gasteiger partial charge in [-0.1, -0.05) is 30.3 Å². The minimum Gasteiger partial charge on any atom is -0.460 e. The molecule has 1 aromatic heterocycles. The number of hydrogen-bond donors (Lipinski definition) is 1. The number of carbonyl (C=O) groups is 2. The van der Waals surface area contributed by atoms with E-state index in [4.69, 9.17) is 10.2 Å². The molecule has 0 unspecified atom stereocenters. The van der Waals surface area contributed by atoms with E-state index in [0.29, 0.717) is 5.56 Å². The lowest BCUT2D eigenvalue weighted by Gasteiger charge is -2.30. The molecular weight excluding hydrogens is 340 g/mol. The van der Waals surface area contributed by atoms with Crippen molar-refractivity contribution in [1.29, 1.82) is 0 Å². The highest BCUT2D eigenvalue weighted by molar-refractivity contribution is 6.02. The second-order valence-corrected chi connectivity index (χ2v) is 7.06. The quantitative estimate of drug-likeness (QED) is 0.767. The molecule has 4 rings (SSSR count). The van der Waals surface area contributed by atoms with Gasteiger partial charge in [0.15, 0.2) is 0 Å². The van der Waals surface area contributed by atoms with Gasteiger partial charge in [-0.2, -0.15) is 0 Å². The number of nitrogens with zero attached hydrogens (tertiary/aromatic N) is 1. The van der Waals surface area contributed by atoms with Crippen LogP contribution < -0.4 is 5.73 Å². The van der Waals surface area contributed by atoms with Crippen molar-refractivity contribution in [1.82, 2.24) is 4.90 Å². The van der Waals surface area contributed by atoms with Crippen molar-refractivity contribution in [3.8, 4) is 11.1 Å². The van der Waals surface area contributed by atoms with E-state index in [-0.39, 0.29) is 11.8 Å². The summed E-state index contributed by atoms with van der Waals surface area (Å²) in [5.74, 6) is 0.835. The molecule has 5 nitrogen and oxygen atoms in total. The van der Waals surface area contributed by atoms with Gasteiger partial charge in [-0.05, 0) is 36.6 Å². The Morgan fingerprint density at radius 2 is 1.78 bits per heavy atom. The van der Waals surface area contributed by atoms with Gasteiger partial charge in [0.05, 0.1) is 0 Å². The van der Waals surface area contributed by atoms with Crippen molar-refractivity contribution >= 4 is 22.8 Å². The van der Waals surface area contributed by atoms with E-state index in [2.05, 4.69) is 12.1 Å². The molecular formula is C22H22N2O3. The molecule has 0 atom stereocenters. The van der Waals surface area contributed by atoms with E-state index >= 15 is 0 Å². The molecule has 27 heavy (non-hydrogen) atoms. The van der Waals surface area contributed by atoms with Crippen LogP contribution in [0.25, 0.3) is 22.1 Å². The van der Waals surface area contributed by atoms with Crippen LogP contribution in [0.2, 0.25) is 0 Å². The van der Waals surface area contributed by atoms with Gasteiger partial charge in [-0.25, -0.2) is 0 Å². The number of amides is 2. The molecule has 5 heteroatoms. The normalized spacial score (nSPS) is 15.2. The first-order valence-corrected chi connectivity index (χ1v) is 9.22. The average Bonchev–Trinajstić information content (AvgIpc) is 3.07. The molecule has 1 aliphatic rings. The highest BCUT2D eigenvalue weighted by atomic mass is 16.3. The number of rotatable bonds is 3. The third-order valence-electron chi connectivity index (χ3n) is 5.37. The molecule has 2 aromatic carbocycles. The monoisotopic (exact) mass is 362 g/mol. The second kappa shape index (κ2) is 6.91. The summed E-state index contributed by atoms with van der Waals surface area (Å²) in [4.78, 5) is 25.2. The minimum absolute atomic E-state index is 0.118. The Kier molecular flexibility index (Phi) is 4.44. The van der Waals surface area contributed by atoms with E-state index in [1.54, 1.807) is 13.0 Å². The Balaban J connectivity index is 1.82. The fourth-order valence-corrected chi connectivity index (χ4v) is 3.92. The smallest absolute Gasteiger partial charge is 0.248 e. The molecule has 0 radical (unpaired) electrons. The number of nitrogens with two attached hydrogens (primary N) is 1. The molecule has 138 valence electrons. The maximum absolute atomic E-state index is 11.7. The van der Waals surface area contributed by atoms with Crippen LogP contribution in [0.4, 0.5) is 0 Å². The zero-order valence-corrected chi connectivity index (χ0v) is 15.3. The van der Waals surface area contributed by atoms with Crippen LogP contribution in [0.3, 0.4) is 0 Å². The van der Waals surface area contributed by atoms with Crippen LogP contribution in [-0.4, -0.2) is 29.8 Å². The summed E-state index contributed by atoms with van der Waals surface area (Å²) in [5.41, 5.74) is 8.78. The summed E-state index contributed by atoms with van der Waals surface area (Å²) in [5, 5.41) is 0.904. The Labute approximate surface area is 157 Å². The summed E-state index contributed by atoms with van der Waals surface area (Å²) < 4.78 is 6.27. The van der Waals surface area contributed by atoms with Gasteiger partial charge >= 0.3 is 0 Å². The molecule has 1 fully saturated rings. The molecule has 3 aromatic rings. The Bertz CT molecular complexity index is 999. The van der Waals surface area contributed by atoms with Crippen LogP contribution in [0.5, 0.6) is 0 Å². The maximum atomic E-state index is 11.7. The number of furan rings is 1. The average molecular weight is 362 g/mol. The fourth-order valence-electron chi connectivity index (χ4n) is 3.92. The Morgan fingerprint density at radius 1 is 1.07 bits per heavy atom. The number of piperidine rings is 1. The van der Waals surface area contributed by atoms with Crippen LogP contribution in [0.1, 0.15) is 41.8 Å². The first-order chi connectivity index (χ1) is 13.0. The lowest BCUT2D eigenvalue weighted by molar-refractivity contribution is -0.129. The highest BCUT2D eigenvalue weighted by Gasteiger charge is 2.28. The third-order valence-corrected chi connectivity index (χ3v) is 5.37. The number of benzene rings is 2. The largest absolute Gasteiger partial charge is 0.460 e. The molecule has 2 amide bonds. The topological polar surface area (TPSA) is 76.5 Å². The number of carbonyl (C=O) groups excluding carboxylic acids is 2. The fraction of sp³-hybridized carbons (Fsp3) is 0.273. The van der Waals surface area contributed by atoms with Gasteiger partial charge in [0.2, 0.25) is 11.8 Å². The summed E-state index contributed by atoms with van der Waals surface area (Å²) >= 11 is 0. The van der Waals surface area contributed by atoms with Crippen LogP contribution in [0.15, 0.2) is 52.9 Å². The molecule has 2 heterocycles. The predicted molar refractivity (Wildman–Crippen MR) is 104 cm³/mol. The standard InChI is InChI=1S/C22H22N2O3/c1-14(25)24-11-9-16(10-12-24)21-20(15-5-3-2-4-6-15)18-13-17(22(23)26)7-8-19(18)27-21/h2-8,13,16H,9-12H2,1H3,(H2,23,26). The Morgan fingerprint density at radius 3 is 2.41 bits per heavy atom. The second-order valence-electron chi connectivity index (χ2n) is 7.06. The van der Waals surface area contributed by atoms with E-state index in [1.807, 2.05) is 35.2 Å². The number of likely N-dealkylation sites (tertiary alicyclic amines) is 1. The molecule has 0 spiro atoms. The van der Waals surface area contributed by atoms with Crippen LogP contribution in [-0.2, 0) is 4.79 Å². The zero-order chi connectivity index (χ0) is 19.0. The first kappa shape index (κ1) is 17.3. The summed E-state index contributed by atoms with van der Waals surface area (Å²) in [6.07, 6.45) is 1.73. The van der Waals surface area contributed by atoms with Gasteiger partial charge in [0.1, 0.15) is 11.3 Å². The van der Waals surface area contributed by atoms with Crippen molar-refractivity contribution in [2.45, 2.75) is 25.7 Å². The van der Waals surface area contributed by atoms with Gasteiger partial charge < -0.3 is 15.1 Å². The first-order valence-electron chi connectivity index (χ1n) is 9.22. The van der Waals surface area contributed by atoms with E-state index in [1.165, 1.54) is 0 Å². The summed E-state index contributed by atoms with van der Waals surface area (Å²) in [6.45, 7) is 3.08. The van der Waals surface area contributed by atoms with Gasteiger partial charge in [-0.3, -0.25) is 9.59 Å². The lowest BCUT2D eigenvalue weighted by Crippen LogP contribution is -2.36. The molecule has 0 aliphatic carbocycles. The van der Waals surface area contributed by atoms with E-state index < -0.39 is 5.91 Å². The molecule has 1 saturated heterocycles. The number of primary amides is 1. The summed E-state index contributed by atoms with van der Waals surface area (Å²) in [7, 11) is 0. The van der Waals surface area contributed by atoms with Gasteiger partial charge in [0.25, 0.3) is 0 Å². The van der Waals surface area contributed by atoms with Crippen LogP contribution in [0, 0.1) is 0 Å². The maximum Gasteiger partial charge on any atom is 0.248 e. The SMILES string of the molecule is CC(=O)N1CCC(c2oc3ccc(C(N)=O)cc3c2-c2ccccc2)CC1. The van der Waals surface area contributed by atoms with E-state index in [9.17, 15) is 9.59 Å². The van der Waals surface area contributed by atoms with Crippen molar-refractivity contribution < 1.29 is 14.0 Å². The summed E-state index contributed by atoms with van der Waals surface area (Å²) in [6, 6.07) is 15.4. The van der Waals surface area contributed by atoms with E-state index in [0.717, 1.165) is 53.8 Å². The van der Waals surface area contributed by atoms with Crippen LogP contribution >= 0.6 is 0 Å². The zero-order valence-electron chi connectivity index (χ0n) is 15.3. The Hall–Kier alpha value is -3.08. The minimum atomic E-state index is -0.451. The van der Waals surface area contributed by atoms with Crippen molar-refractivity contribution in [2.75, 3.05) is 13.1 Å². The van der Waals surface area contributed by atoms with Gasteiger partial charge in [0, 0.05) is 42.4 Å². The predicted octanol–water partition coefficient (Wildman–Crippen LogP) is 3.92. The van der Waals surface area contributed by atoms with Crippen molar-refractivity contribution in [3.05, 3.63) is 59.9 Å². The number of fused-ring (bicyclic) bond motifs is 1. The highest BCUT2D eigenvalue weighted by Crippen LogP contribution is 2.42. The van der Waals surface area contributed by atoms with Crippen molar-refractivity contribution in [3.63, 3.8) is 0 Å². The van der Waals surface area contributed by atoms with Crippen molar-refractivity contribution in [2.24, 2.45) is 5.73 Å². The lowest BCUT2D eigenvalue weighted by atomic mass is 9.89. The third kappa shape index (κ3) is 3.21. The van der Waals surface area contributed by atoms with Gasteiger partial charge in [-0.15, -0.1) is 0 Å².